The first-order valence-corrected chi connectivity index (χ1v) is 5.57. The van der Waals surface area contributed by atoms with E-state index in [1.165, 1.54) is 6.07 Å². The molecule has 0 amide bonds. The molecule has 0 fully saturated rings. The number of benzene rings is 2. The van der Waals surface area contributed by atoms with Gasteiger partial charge in [-0.15, -0.1) is 0 Å². The number of aryl methyl sites for hydroxylation is 1. The number of halogens is 1. The second-order valence-corrected chi connectivity index (χ2v) is 4.07. The minimum absolute atomic E-state index is 0.369. The van der Waals surface area contributed by atoms with Crippen molar-refractivity contribution in [3.8, 4) is 5.75 Å². The van der Waals surface area contributed by atoms with Gasteiger partial charge in [-0.3, -0.25) is 0 Å². The maximum Gasteiger partial charge on any atom is 0.148 e. The summed E-state index contributed by atoms with van der Waals surface area (Å²) in [6, 6.07) is 10.2. The Hall–Kier alpha value is -2.23. The van der Waals surface area contributed by atoms with Gasteiger partial charge in [-0.05, 0) is 42.8 Å². The maximum absolute atomic E-state index is 13.7. The van der Waals surface area contributed by atoms with Crippen molar-refractivity contribution in [3.63, 3.8) is 0 Å². The van der Waals surface area contributed by atoms with Crippen LogP contribution in [-0.4, -0.2) is 7.11 Å². The Bertz CT molecular complexity index is 570. The number of ether oxygens (including phenoxy) is 1. The summed E-state index contributed by atoms with van der Waals surface area (Å²) < 4.78 is 18.9. The molecule has 2 aromatic rings. The zero-order chi connectivity index (χ0) is 13.1. The molecule has 2 aromatic carbocycles. The topological polar surface area (TPSA) is 47.3 Å². The average Bonchev–Trinajstić information content (AvgIpc) is 2.33. The summed E-state index contributed by atoms with van der Waals surface area (Å²) in [5.74, 6) is 0.274. The third-order valence-electron chi connectivity index (χ3n) is 2.62. The van der Waals surface area contributed by atoms with Crippen LogP contribution in [0.4, 0.5) is 21.5 Å². The number of methoxy groups -OCH3 is 1. The monoisotopic (exact) mass is 246 g/mol. The minimum Gasteiger partial charge on any atom is -0.495 e. The van der Waals surface area contributed by atoms with Gasteiger partial charge in [0, 0.05) is 5.69 Å². The summed E-state index contributed by atoms with van der Waals surface area (Å²) in [7, 11) is 1.58. The lowest BCUT2D eigenvalue weighted by Crippen LogP contribution is -1.98. The van der Waals surface area contributed by atoms with Crippen molar-refractivity contribution in [2.24, 2.45) is 0 Å². The summed E-state index contributed by atoms with van der Waals surface area (Å²) in [5, 5.41) is 3.00. The minimum atomic E-state index is -0.390. The van der Waals surface area contributed by atoms with E-state index in [1.807, 2.05) is 25.1 Å². The van der Waals surface area contributed by atoms with E-state index in [4.69, 9.17) is 10.5 Å². The zero-order valence-corrected chi connectivity index (χ0v) is 10.3. The zero-order valence-electron chi connectivity index (χ0n) is 10.3. The smallest absolute Gasteiger partial charge is 0.148 e. The summed E-state index contributed by atoms with van der Waals surface area (Å²) in [6.07, 6.45) is 0. The number of anilines is 3. The molecule has 94 valence electrons. The first kappa shape index (κ1) is 12.2. The van der Waals surface area contributed by atoms with Gasteiger partial charge in [-0.25, -0.2) is 4.39 Å². The Balaban J connectivity index is 2.36. The van der Waals surface area contributed by atoms with Gasteiger partial charge in [0.2, 0.25) is 0 Å². The fraction of sp³-hybridized carbons (Fsp3) is 0.143. The molecule has 0 aliphatic carbocycles. The molecule has 0 heterocycles. The molecular formula is C14H15FN2O. The molecule has 0 bridgehead atoms. The van der Waals surface area contributed by atoms with E-state index in [2.05, 4.69) is 5.32 Å². The molecule has 0 aromatic heterocycles. The lowest BCUT2D eigenvalue weighted by atomic mass is 10.2. The van der Waals surface area contributed by atoms with Gasteiger partial charge in [0.25, 0.3) is 0 Å². The summed E-state index contributed by atoms with van der Waals surface area (Å²) in [6.45, 7) is 1.96. The van der Waals surface area contributed by atoms with E-state index >= 15 is 0 Å². The van der Waals surface area contributed by atoms with Crippen molar-refractivity contribution in [2.45, 2.75) is 6.92 Å². The number of nitrogens with one attached hydrogen (secondary N) is 1. The highest BCUT2D eigenvalue weighted by atomic mass is 19.1. The molecule has 0 unspecified atom stereocenters. The Kier molecular flexibility index (Phi) is 3.37. The van der Waals surface area contributed by atoms with Crippen LogP contribution in [0.15, 0.2) is 36.4 Å². The Morgan fingerprint density at radius 1 is 1.11 bits per heavy atom. The van der Waals surface area contributed by atoms with Crippen LogP contribution in [0, 0.1) is 12.7 Å². The molecule has 0 aliphatic rings. The van der Waals surface area contributed by atoms with Crippen molar-refractivity contribution in [1.29, 1.82) is 0 Å². The highest BCUT2D eigenvalue weighted by Crippen LogP contribution is 2.30. The standard InChI is InChI=1S/C14H15FN2O/c1-9-3-6-14(18-2)13(7-9)17-12-5-4-10(16)8-11(12)15/h3-8,17H,16H2,1-2H3. The third-order valence-corrected chi connectivity index (χ3v) is 2.62. The molecule has 0 radical (unpaired) electrons. The molecule has 18 heavy (non-hydrogen) atoms. The molecule has 0 spiro atoms. The maximum atomic E-state index is 13.7. The normalized spacial score (nSPS) is 10.2. The number of hydrogen-bond donors (Lipinski definition) is 2. The van der Waals surface area contributed by atoms with E-state index < -0.39 is 5.82 Å². The van der Waals surface area contributed by atoms with Crippen LogP contribution in [0.3, 0.4) is 0 Å². The van der Waals surface area contributed by atoms with Crippen molar-refractivity contribution < 1.29 is 9.13 Å². The molecule has 4 heteroatoms. The fourth-order valence-electron chi connectivity index (χ4n) is 1.70. The van der Waals surface area contributed by atoms with Crippen LogP contribution in [0.2, 0.25) is 0 Å². The predicted octanol–water partition coefficient (Wildman–Crippen LogP) is 3.47. The summed E-state index contributed by atoms with van der Waals surface area (Å²) >= 11 is 0. The van der Waals surface area contributed by atoms with Crippen molar-refractivity contribution >= 4 is 17.1 Å². The van der Waals surface area contributed by atoms with Crippen LogP contribution in [-0.2, 0) is 0 Å². The van der Waals surface area contributed by atoms with E-state index in [-0.39, 0.29) is 0 Å². The summed E-state index contributed by atoms with van der Waals surface area (Å²) in [4.78, 5) is 0. The average molecular weight is 246 g/mol. The predicted molar refractivity (Wildman–Crippen MR) is 71.8 cm³/mol. The Morgan fingerprint density at radius 3 is 2.56 bits per heavy atom. The Morgan fingerprint density at radius 2 is 1.89 bits per heavy atom. The third kappa shape index (κ3) is 2.53. The van der Waals surface area contributed by atoms with Gasteiger partial charge in [-0.1, -0.05) is 6.07 Å². The van der Waals surface area contributed by atoms with Gasteiger partial charge in [0.1, 0.15) is 11.6 Å². The van der Waals surface area contributed by atoms with Gasteiger partial charge >= 0.3 is 0 Å². The van der Waals surface area contributed by atoms with Crippen LogP contribution >= 0.6 is 0 Å². The van der Waals surface area contributed by atoms with Gasteiger partial charge < -0.3 is 15.8 Å². The van der Waals surface area contributed by atoms with Crippen LogP contribution in [0.5, 0.6) is 5.75 Å². The SMILES string of the molecule is COc1ccc(C)cc1Nc1ccc(N)cc1F. The van der Waals surface area contributed by atoms with Crippen LogP contribution in [0.25, 0.3) is 0 Å². The highest BCUT2D eigenvalue weighted by Gasteiger charge is 2.07. The van der Waals surface area contributed by atoms with Crippen LogP contribution < -0.4 is 15.8 Å². The second kappa shape index (κ2) is 4.96. The van der Waals surface area contributed by atoms with E-state index in [9.17, 15) is 4.39 Å². The molecular weight excluding hydrogens is 231 g/mol. The van der Waals surface area contributed by atoms with Gasteiger partial charge in [-0.2, -0.15) is 0 Å². The van der Waals surface area contributed by atoms with Gasteiger partial charge in [0.15, 0.2) is 0 Å². The molecule has 0 saturated heterocycles. The number of rotatable bonds is 3. The highest BCUT2D eigenvalue weighted by molar-refractivity contribution is 5.68. The van der Waals surface area contributed by atoms with E-state index in [0.717, 1.165) is 11.3 Å². The van der Waals surface area contributed by atoms with E-state index in [0.29, 0.717) is 17.1 Å². The van der Waals surface area contributed by atoms with Crippen molar-refractivity contribution in [2.75, 3.05) is 18.2 Å². The second-order valence-electron chi connectivity index (χ2n) is 4.07. The fourth-order valence-corrected chi connectivity index (χ4v) is 1.70. The lowest BCUT2D eigenvalue weighted by molar-refractivity contribution is 0.416. The van der Waals surface area contributed by atoms with E-state index in [1.54, 1.807) is 19.2 Å². The molecule has 3 N–H and O–H groups in total. The first-order chi connectivity index (χ1) is 8.60. The largest absolute Gasteiger partial charge is 0.495 e. The quantitative estimate of drug-likeness (QED) is 0.815. The number of hydrogen-bond acceptors (Lipinski definition) is 3. The van der Waals surface area contributed by atoms with Gasteiger partial charge in [0.05, 0.1) is 18.5 Å². The molecule has 0 aliphatic heterocycles. The molecule has 0 atom stereocenters. The number of nitrogens with two attached hydrogens (primary N) is 1. The molecule has 3 nitrogen and oxygen atoms in total. The number of nitrogen functional groups attached to an aromatic ring is 1. The molecule has 0 saturated carbocycles. The Labute approximate surface area is 105 Å². The molecule has 2 rings (SSSR count). The lowest BCUT2D eigenvalue weighted by Gasteiger charge is -2.12. The van der Waals surface area contributed by atoms with Crippen molar-refractivity contribution in [3.05, 3.63) is 47.8 Å². The van der Waals surface area contributed by atoms with Crippen LogP contribution in [0.1, 0.15) is 5.56 Å². The van der Waals surface area contributed by atoms with Crippen molar-refractivity contribution in [1.82, 2.24) is 0 Å². The summed E-state index contributed by atoms with van der Waals surface area (Å²) in [5.41, 5.74) is 8.06. The first-order valence-electron chi connectivity index (χ1n) is 5.57.